The summed E-state index contributed by atoms with van der Waals surface area (Å²) < 4.78 is 31.1. The number of benzene rings is 1. The molecule has 1 aliphatic rings. The highest BCUT2D eigenvalue weighted by atomic mass is 32.2. The maximum atomic E-state index is 12.0. The first-order valence-electron chi connectivity index (χ1n) is 5.45. The fourth-order valence-corrected chi connectivity index (χ4v) is 2.92. The van der Waals surface area contributed by atoms with Crippen LogP contribution in [0.4, 0.5) is 5.69 Å². The summed E-state index contributed by atoms with van der Waals surface area (Å²) in [6.07, 6.45) is 0.567. The Morgan fingerprint density at radius 3 is 2.63 bits per heavy atom. The summed E-state index contributed by atoms with van der Waals surface area (Å²) in [7, 11) is -2.53. The molecule has 2 atom stereocenters. The molecule has 2 unspecified atom stereocenters. The van der Waals surface area contributed by atoms with Gasteiger partial charge in [-0.05, 0) is 18.6 Å². The van der Waals surface area contributed by atoms with Gasteiger partial charge in [0, 0.05) is 18.2 Å². The Hall–Kier alpha value is -1.71. The number of sulfonamides is 1. The van der Waals surface area contributed by atoms with Gasteiger partial charge in [0.05, 0.1) is 16.9 Å². The molecule has 0 saturated heterocycles. The zero-order valence-electron chi connectivity index (χ0n) is 10.1. The van der Waals surface area contributed by atoms with Crippen molar-refractivity contribution < 1.29 is 18.1 Å². The zero-order valence-corrected chi connectivity index (χ0v) is 10.9. The standard InChI is InChI=1S/C10H13N3O5S/c1-18-10-3-2-6(4-9(10)13(14)15)19(16,17)12-8-5-7(8)11/h2-4,7-8,12H,5,11H2,1H3. The molecule has 104 valence electrons. The summed E-state index contributed by atoms with van der Waals surface area (Å²) in [6, 6.07) is 2.98. The maximum Gasteiger partial charge on any atom is 0.312 e. The Balaban J connectivity index is 2.34. The molecule has 0 spiro atoms. The predicted molar refractivity (Wildman–Crippen MR) is 66.4 cm³/mol. The fraction of sp³-hybridized carbons (Fsp3) is 0.400. The average Bonchev–Trinajstić information content (AvgIpc) is 3.02. The van der Waals surface area contributed by atoms with Crippen molar-refractivity contribution in [3.63, 3.8) is 0 Å². The predicted octanol–water partition coefficient (Wildman–Crippen LogP) is -0.0187. The molecule has 3 N–H and O–H groups in total. The van der Waals surface area contributed by atoms with E-state index in [4.69, 9.17) is 10.5 Å². The molecule has 9 heteroatoms. The third-order valence-corrected chi connectivity index (χ3v) is 4.29. The van der Waals surface area contributed by atoms with E-state index in [2.05, 4.69) is 4.72 Å². The third kappa shape index (κ3) is 2.83. The van der Waals surface area contributed by atoms with E-state index in [9.17, 15) is 18.5 Å². The minimum atomic E-state index is -3.80. The van der Waals surface area contributed by atoms with Gasteiger partial charge in [-0.3, -0.25) is 10.1 Å². The Kier molecular flexibility index (Phi) is 3.43. The number of hydrogen-bond donors (Lipinski definition) is 2. The summed E-state index contributed by atoms with van der Waals surface area (Å²) in [5.74, 6) is 0.00655. The quantitative estimate of drug-likeness (QED) is 0.579. The Bertz CT molecular complexity index is 616. The van der Waals surface area contributed by atoms with Crippen LogP contribution in [0.2, 0.25) is 0 Å². The molecule has 1 saturated carbocycles. The first-order chi connectivity index (χ1) is 8.85. The minimum absolute atomic E-state index is 0.00655. The van der Waals surface area contributed by atoms with E-state index < -0.39 is 20.6 Å². The summed E-state index contributed by atoms with van der Waals surface area (Å²) in [6.45, 7) is 0. The Morgan fingerprint density at radius 2 is 2.16 bits per heavy atom. The molecule has 19 heavy (non-hydrogen) atoms. The fourth-order valence-electron chi connectivity index (χ4n) is 1.60. The van der Waals surface area contributed by atoms with Crippen molar-refractivity contribution in [2.75, 3.05) is 7.11 Å². The van der Waals surface area contributed by atoms with Crippen LogP contribution in [0.5, 0.6) is 5.75 Å². The molecule has 0 aliphatic heterocycles. The van der Waals surface area contributed by atoms with Crippen molar-refractivity contribution in [3.05, 3.63) is 28.3 Å². The molecular weight excluding hydrogens is 274 g/mol. The van der Waals surface area contributed by atoms with Crippen LogP contribution in [0.15, 0.2) is 23.1 Å². The van der Waals surface area contributed by atoms with Gasteiger partial charge >= 0.3 is 5.69 Å². The van der Waals surface area contributed by atoms with E-state index in [1.807, 2.05) is 0 Å². The second kappa shape index (κ2) is 4.76. The van der Waals surface area contributed by atoms with Crippen LogP contribution >= 0.6 is 0 Å². The maximum absolute atomic E-state index is 12.0. The number of nitrogens with zero attached hydrogens (tertiary/aromatic N) is 1. The number of hydrogen-bond acceptors (Lipinski definition) is 6. The highest BCUT2D eigenvalue weighted by Gasteiger charge is 2.37. The third-order valence-electron chi connectivity index (χ3n) is 2.80. The van der Waals surface area contributed by atoms with Crippen molar-refractivity contribution in [2.24, 2.45) is 5.73 Å². The Labute approximate surface area is 109 Å². The van der Waals surface area contributed by atoms with Crippen molar-refractivity contribution in [3.8, 4) is 5.75 Å². The molecule has 0 radical (unpaired) electrons. The first kappa shape index (κ1) is 13.7. The monoisotopic (exact) mass is 287 g/mol. The normalized spacial score (nSPS) is 22.0. The van der Waals surface area contributed by atoms with Crippen molar-refractivity contribution in [1.82, 2.24) is 4.72 Å². The second-order valence-corrected chi connectivity index (χ2v) is 5.93. The van der Waals surface area contributed by atoms with Gasteiger partial charge in [0.25, 0.3) is 0 Å². The van der Waals surface area contributed by atoms with Crippen LogP contribution < -0.4 is 15.2 Å². The number of nitro groups is 1. The number of ether oxygens (including phenoxy) is 1. The number of nitrogens with one attached hydrogen (secondary N) is 1. The Morgan fingerprint density at radius 1 is 1.53 bits per heavy atom. The van der Waals surface area contributed by atoms with Gasteiger partial charge in [0.15, 0.2) is 5.75 Å². The van der Waals surface area contributed by atoms with Gasteiger partial charge in [-0.2, -0.15) is 0 Å². The lowest BCUT2D eigenvalue weighted by molar-refractivity contribution is -0.386. The number of nitro benzene ring substituents is 1. The van der Waals surface area contributed by atoms with Crippen LogP contribution in [-0.2, 0) is 10.0 Å². The summed E-state index contributed by atoms with van der Waals surface area (Å²) in [5, 5.41) is 10.8. The zero-order chi connectivity index (χ0) is 14.2. The number of methoxy groups -OCH3 is 1. The van der Waals surface area contributed by atoms with Crippen molar-refractivity contribution in [2.45, 2.75) is 23.4 Å². The van der Waals surface area contributed by atoms with Crippen molar-refractivity contribution in [1.29, 1.82) is 0 Å². The molecule has 1 fully saturated rings. The van der Waals surface area contributed by atoms with E-state index in [0.717, 1.165) is 6.07 Å². The van der Waals surface area contributed by atoms with Gasteiger partial charge in [-0.25, -0.2) is 13.1 Å². The van der Waals surface area contributed by atoms with Crippen LogP contribution in [0.3, 0.4) is 0 Å². The number of rotatable bonds is 5. The number of nitrogens with two attached hydrogens (primary N) is 1. The molecule has 1 aromatic rings. The van der Waals surface area contributed by atoms with Gasteiger partial charge in [0.1, 0.15) is 0 Å². The van der Waals surface area contributed by atoms with E-state index in [-0.39, 0.29) is 22.7 Å². The smallest absolute Gasteiger partial charge is 0.312 e. The minimum Gasteiger partial charge on any atom is -0.490 e. The topological polar surface area (TPSA) is 125 Å². The lowest BCUT2D eigenvalue weighted by atomic mass is 10.3. The van der Waals surface area contributed by atoms with Gasteiger partial charge in [-0.15, -0.1) is 0 Å². The summed E-state index contributed by atoms with van der Waals surface area (Å²) in [5.41, 5.74) is 5.12. The highest BCUT2D eigenvalue weighted by Crippen LogP contribution is 2.30. The van der Waals surface area contributed by atoms with Crippen LogP contribution in [0.1, 0.15) is 6.42 Å². The lowest BCUT2D eigenvalue weighted by Gasteiger charge is -2.07. The van der Waals surface area contributed by atoms with Crippen LogP contribution in [0.25, 0.3) is 0 Å². The first-order valence-corrected chi connectivity index (χ1v) is 6.94. The largest absolute Gasteiger partial charge is 0.490 e. The molecule has 0 bridgehead atoms. The lowest BCUT2D eigenvalue weighted by Crippen LogP contribution is -2.29. The van der Waals surface area contributed by atoms with E-state index in [1.165, 1.54) is 19.2 Å². The van der Waals surface area contributed by atoms with E-state index in [0.29, 0.717) is 6.42 Å². The van der Waals surface area contributed by atoms with Gasteiger partial charge in [0.2, 0.25) is 10.0 Å². The molecular formula is C10H13N3O5S. The molecule has 1 aromatic carbocycles. The molecule has 0 amide bonds. The molecule has 2 rings (SSSR count). The molecule has 0 heterocycles. The van der Waals surface area contributed by atoms with Gasteiger partial charge < -0.3 is 10.5 Å². The molecule has 1 aliphatic carbocycles. The SMILES string of the molecule is COc1ccc(S(=O)(=O)NC2CC2N)cc1[N+](=O)[O-]. The van der Waals surface area contributed by atoms with Crippen LogP contribution in [-0.4, -0.2) is 32.5 Å². The molecule has 8 nitrogen and oxygen atoms in total. The van der Waals surface area contributed by atoms with Crippen LogP contribution in [0, 0.1) is 10.1 Å². The summed E-state index contributed by atoms with van der Waals surface area (Å²) in [4.78, 5) is 9.96. The average molecular weight is 287 g/mol. The van der Waals surface area contributed by atoms with Gasteiger partial charge in [-0.1, -0.05) is 0 Å². The van der Waals surface area contributed by atoms with E-state index >= 15 is 0 Å². The van der Waals surface area contributed by atoms with Crippen molar-refractivity contribution >= 4 is 15.7 Å². The molecule has 0 aromatic heterocycles. The highest BCUT2D eigenvalue weighted by molar-refractivity contribution is 7.89. The van der Waals surface area contributed by atoms with E-state index in [1.54, 1.807) is 0 Å². The summed E-state index contributed by atoms with van der Waals surface area (Å²) >= 11 is 0. The second-order valence-electron chi connectivity index (χ2n) is 4.22.